The zero-order chi connectivity index (χ0) is 14.2. The number of rotatable bonds is 7. The van der Waals surface area contributed by atoms with Crippen LogP contribution in [0.25, 0.3) is 0 Å². The van der Waals surface area contributed by atoms with Gasteiger partial charge in [0.25, 0.3) is 0 Å². The number of benzene rings is 1. The molecule has 0 aliphatic carbocycles. The van der Waals surface area contributed by atoms with Gasteiger partial charge in [0, 0.05) is 31.3 Å². The largest absolute Gasteiger partial charge is 0.383 e. The lowest BCUT2D eigenvalue weighted by atomic mass is 10.2. The van der Waals surface area contributed by atoms with Gasteiger partial charge < -0.3 is 15.4 Å². The molecule has 0 unspecified atom stereocenters. The molecule has 20 heavy (non-hydrogen) atoms. The van der Waals surface area contributed by atoms with Crippen molar-refractivity contribution in [2.24, 2.45) is 0 Å². The second kappa shape index (κ2) is 7.67. The van der Waals surface area contributed by atoms with Crippen molar-refractivity contribution in [1.29, 1.82) is 0 Å². The summed E-state index contributed by atoms with van der Waals surface area (Å²) in [6, 6.07) is 9.58. The van der Waals surface area contributed by atoms with E-state index < -0.39 is 0 Å². The van der Waals surface area contributed by atoms with Crippen LogP contribution in [-0.4, -0.2) is 30.2 Å². The fourth-order valence-electron chi connectivity index (χ4n) is 1.66. The van der Waals surface area contributed by atoms with E-state index in [2.05, 4.69) is 20.6 Å². The first-order chi connectivity index (χ1) is 9.79. The molecule has 1 aromatic carbocycles. The van der Waals surface area contributed by atoms with E-state index in [1.54, 1.807) is 7.11 Å². The van der Waals surface area contributed by atoms with Gasteiger partial charge in [0.15, 0.2) is 0 Å². The van der Waals surface area contributed by atoms with Crippen molar-refractivity contribution in [3.05, 3.63) is 47.2 Å². The van der Waals surface area contributed by atoms with Gasteiger partial charge in [-0.3, -0.25) is 0 Å². The molecule has 0 saturated heterocycles. The van der Waals surface area contributed by atoms with Gasteiger partial charge in [0.2, 0.25) is 0 Å². The summed E-state index contributed by atoms with van der Waals surface area (Å²) in [5.41, 5.74) is 1.03. The van der Waals surface area contributed by atoms with Crippen LogP contribution in [-0.2, 0) is 11.3 Å². The van der Waals surface area contributed by atoms with E-state index >= 15 is 0 Å². The minimum absolute atomic E-state index is 0.619. The van der Waals surface area contributed by atoms with E-state index in [1.165, 1.54) is 6.33 Å². The number of halogens is 1. The summed E-state index contributed by atoms with van der Waals surface area (Å²) < 4.78 is 4.98. The third-order valence-corrected chi connectivity index (χ3v) is 3.07. The van der Waals surface area contributed by atoms with Gasteiger partial charge in [-0.1, -0.05) is 29.8 Å². The van der Waals surface area contributed by atoms with Crippen molar-refractivity contribution < 1.29 is 4.74 Å². The first-order valence-electron chi connectivity index (χ1n) is 6.31. The monoisotopic (exact) mass is 292 g/mol. The summed E-state index contributed by atoms with van der Waals surface area (Å²) in [5.74, 6) is 1.51. The Hall–Kier alpha value is -1.85. The van der Waals surface area contributed by atoms with Crippen molar-refractivity contribution in [1.82, 2.24) is 9.97 Å². The van der Waals surface area contributed by atoms with Crippen LogP contribution in [0.3, 0.4) is 0 Å². The van der Waals surface area contributed by atoms with Gasteiger partial charge in [-0.2, -0.15) is 0 Å². The molecule has 0 atom stereocenters. The lowest BCUT2D eigenvalue weighted by molar-refractivity contribution is 0.210. The Bertz CT molecular complexity index is 550. The molecular weight excluding hydrogens is 276 g/mol. The Morgan fingerprint density at radius 2 is 1.90 bits per heavy atom. The number of methoxy groups -OCH3 is 1. The maximum atomic E-state index is 6.11. The highest BCUT2D eigenvalue weighted by Gasteiger charge is 2.01. The predicted molar refractivity (Wildman–Crippen MR) is 81.2 cm³/mol. The average Bonchev–Trinajstić information content (AvgIpc) is 2.47. The number of ether oxygens (including phenoxy) is 1. The first kappa shape index (κ1) is 14.6. The number of anilines is 2. The van der Waals surface area contributed by atoms with Crippen LogP contribution >= 0.6 is 11.6 Å². The van der Waals surface area contributed by atoms with Gasteiger partial charge in [-0.25, -0.2) is 9.97 Å². The molecule has 6 heteroatoms. The van der Waals surface area contributed by atoms with E-state index in [4.69, 9.17) is 16.3 Å². The van der Waals surface area contributed by atoms with Crippen LogP contribution in [0, 0.1) is 0 Å². The van der Waals surface area contributed by atoms with Crippen LogP contribution in [0.4, 0.5) is 11.6 Å². The van der Waals surface area contributed by atoms with E-state index in [0.717, 1.165) is 22.2 Å². The lowest BCUT2D eigenvalue weighted by Crippen LogP contribution is -2.10. The molecule has 2 N–H and O–H groups in total. The molecular formula is C14H17ClN4O. The summed E-state index contributed by atoms with van der Waals surface area (Å²) >= 11 is 6.11. The fraction of sp³-hybridized carbons (Fsp3) is 0.286. The highest BCUT2D eigenvalue weighted by atomic mass is 35.5. The van der Waals surface area contributed by atoms with Crippen molar-refractivity contribution >= 4 is 23.2 Å². The molecule has 0 aliphatic rings. The third kappa shape index (κ3) is 4.36. The van der Waals surface area contributed by atoms with Crippen molar-refractivity contribution in [2.75, 3.05) is 30.9 Å². The Morgan fingerprint density at radius 1 is 1.15 bits per heavy atom. The predicted octanol–water partition coefficient (Wildman–Crippen LogP) is 2.80. The van der Waals surface area contributed by atoms with E-state index in [1.807, 2.05) is 30.3 Å². The molecule has 0 spiro atoms. The second-order valence-corrected chi connectivity index (χ2v) is 4.56. The van der Waals surface area contributed by atoms with Gasteiger partial charge >= 0.3 is 0 Å². The van der Waals surface area contributed by atoms with Crippen LogP contribution < -0.4 is 10.6 Å². The van der Waals surface area contributed by atoms with Crippen molar-refractivity contribution in [2.45, 2.75) is 6.54 Å². The van der Waals surface area contributed by atoms with Crippen LogP contribution in [0.2, 0.25) is 5.02 Å². The molecule has 1 heterocycles. The molecule has 2 rings (SSSR count). The topological polar surface area (TPSA) is 59.1 Å². The average molecular weight is 293 g/mol. The van der Waals surface area contributed by atoms with Crippen LogP contribution in [0.15, 0.2) is 36.7 Å². The second-order valence-electron chi connectivity index (χ2n) is 4.15. The molecule has 2 aromatic rings. The Balaban J connectivity index is 1.93. The number of aromatic nitrogens is 2. The summed E-state index contributed by atoms with van der Waals surface area (Å²) in [6.45, 7) is 1.96. The molecule has 0 radical (unpaired) electrons. The van der Waals surface area contributed by atoms with Gasteiger partial charge in [-0.15, -0.1) is 0 Å². The Labute approximate surface area is 123 Å². The lowest BCUT2D eigenvalue weighted by Gasteiger charge is -2.09. The van der Waals surface area contributed by atoms with Gasteiger partial charge in [0.05, 0.1) is 6.61 Å². The quantitative estimate of drug-likeness (QED) is 0.769. The number of hydrogen-bond acceptors (Lipinski definition) is 5. The SMILES string of the molecule is COCCNc1cc(NCc2ccccc2Cl)ncn1. The highest BCUT2D eigenvalue weighted by molar-refractivity contribution is 6.31. The highest BCUT2D eigenvalue weighted by Crippen LogP contribution is 2.16. The Kier molecular flexibility index (Phi) is 5.58. The maximum Gasteiger partial charge on any atom is 0.131 e. The molecule has 1 aromatic heterocycles. The summed E-state index contributed by atoms with van der Waals surface area (Å²) in [5, 5.41) is 7.12. The molecule has 106 valence electrons. The molecule has 0 amide bonds. The van der Waals surface area contributed by atoms with E-state index in [9.17, 15) is 0 Å². The standard InChI is InChI=1S/C14H17ClN4O/c1-20-7-6-16-13-8-14(19-10-18-13)17-9-11-4-2-3-5-12(11)15/h2-5,8,10H,6-7,9H2,1H3,(H2,16,17,18,19). The van der Waals surface area contributed by atoms with Gasteiger partial charge in [0.1, 0.15) is 18.0 Å². The van der Waals surface area contributed by atoms with Crippen LogP contribution in [0.5, 0.6) is 0 Å². The molecule has 5 nitrogen and oxygen atoms in total. The van der Waals surface area contributed by atoms with E-state index in [0.29, 0.717) is 19.7 Å². The molecule has 0 fully saturated rings. The molecule has 0 aliphatic heterocycles. The van der Waals surface area contributed by atoms with Crippen molar-refractivity contribution in [3.8, 4) is 0 Å². The summed E-state index contributed by atoms with van der Waals surface area (Å²) in [6.07, 6.45) is 1.52. The number of hydrogen-bond donors (Lipinski definition) is 2. The number of nitrogens with zero attached hydrogens (tertiary/aromatic N) is 2. The number of nitrogens with one attached hydrogen (secondary N) is 2. The normalized spacial score (nSPS) is 10.3. The summed E-state index contributed by atoms with van der Waals surface area (Å²) in [7, 11) is 1.66. The third-order valence-electron chi connectivity index (χ3n) is 2.70. The minimum Gasteiger partial charge on any atom is -0.383 e. The van der Waals surface area contributed by atoms with Crippen LogP contribution in [0.1, 0.15) is 5.56 Å². The summed E-state index contributed by atoms with van der Waals surface area (Å²) in [4.78, 5) is 8.32. The molecule has 0 bridgehead atoms. The Morgan fingerprint density at radius 3 is 2.65 bits per heavy atom. The molecule has 0 saturated carbocycles. The van der Waals surface area contributed by atoms with E-state index in [-0.39, 0.29) is 0 Å². The fourth-order valence-corrected chi connectivity index (χ4v) is 1.86. The van der Waals surface area contributed by atoms with Crippen molar-refractivity contribution in [3.63, 3.8) is 0 Å². The first-order valence-corrected chi connectivity index (χ1v) is 6.69. The smallest absolute Gasteiger partial charge is 0.131 e. The van der Waals surface area contributed by atoms with Gasteiger partial charge in [-0.05, 0) is 11.6 Å². The zero-order valence-electron chi connectivity index (χ0n) is 11.3. The maximum absolute atomic E-state index is 6.11. The minimum atomic E-state index is 0.619. The zero-order valence-corrected chi connectivity index (χ0v) is 12.0.